The molecule has 6 heteroatoms. The largest absolute Gasteiger partial charge is 0.481 e. The molecule has 0 bridgehead atoms. The van der Waals surface area contributed by atoms with Crippen molar-refractivity contribution in [3.8, 4) is 6.07 Å². The summed E-state index contributed by atoms with van der Waals surface area (Å²) in [5.41, 5.74) is 2.47. The predicted octanol–water partition coefficient (Wildman–Crippen LogP) is 5.20. The lowest BCUT2D eigenvalue weighted by atomic mass is 10.0. The highest BCUT2D eigenvalue weighted by molar-refractivity contribution is 7.99. The van der Waals surface area contributed by atoms with E-state index in [1.165, 1.54) is 0 Å². The van der Waals surface area contributed by atoms with Crippen LogP contribution in [0.15, 0.2) is 59.8 Å². The molecule has 0 amide bonds. The van der Waals surface area contributed by atoms with Crippen LogP contribution in [0.3, 0.4) is 0 Å². The number of fused-ring (bicyclic) bond motifs is 1. The van der Waals surface area contributed by atoms with Crippen LogP contribution in [0.25, 0.3) is 10.8 Å². The Bertz CT molecular complexity index is 998. The summed E-state index contributed by atoms with van der Waals surface area (Å²) in [6, 6.07) is 15.7. The first-order valence-electron chi connectivity index (χ1n) is 8.66. The third-order valence-corrected chi connectivity index (χ3v) is 5.30. The van der Waals surface area contributed by atoms with Gasteiger partial charge in [-0.3, -0.25) is 9.78 Å². The number of benzene rings is 2. The third kappa shape index (κ3) is 4.78. The second-order valence-electron chi connectivity index (χ2n) is 6.01. The van der Waals surface area contributed by atoms with E-state index in [9.17, 15) is 10.1 Å². The lowest BCUT2D eigenvalue weighted by Crippen LogP contribution is -1.97. The maximum absolute atomic E-state index is 10.6. The maximum Gasteiger partial charge on any atom is 0.303 e. The van der Waals surface area contributed by atoms with Crippen LogP contribution in [-0.2, 0) is 4.79 Å². The topological polar surface area (TPSA) is 86.0 Å². The number of nitriles is 1. The molecule has 0 aliphatic rings. The summed E-state index contributed by atoms with van der Waals surface area (Å²) >= 11 is 1.68. The zero-order valence-corrected chi connectivity index (χ0v) is 15.5. The van der Waals surface area contributed by atoms with Gasteiger partial charge in [0.15, 0.2) is 0 Å². The fourth-order valence-corrected chi connectivity index (χ4v) is 3.80. The van der Waals surface area contributed by atoms with E-state index < -0.39 is 5.97 Å². The molecule has 0 aliphatic carbocycles. The van der Waals surface area contributed by atoms with Crippen LogP contribution in [-0.4, -0.2) is 21.8 Å². The van der Waals surface area contributed by atoms with Gasteiger partial charge in [0.25, 0.3) is 0 Å². The number of nitrogens with one attached hydrogen (secondary N) is 1. The molecule has 0 unspecified atom stereocenters. The molecule has 27 heavy (non-hydrogen) atoms. The quantitative estimate of drug-likeness (QED) is 0.415. The summed E-state index contributed by atoms with van der Waals surface area (Å²) in [4.78, 5) is 15.9. The first-order chi connectivity index (χ1) is 13.2. The Morgan fingerprint density at radius 1 is 1.11 bits per heavy atom. The Balaban J connectivity index is 1.78. The molecule has 5 nitrogen and oxygen atoms in total. The zero-order chi connectivity index (χ0) is 19.1. The number of pyridine rings is 1. The molecule has 0 fully saturated rings. The van der Waals surface area contributed by atoms with Crippen molar-refractivity contribution in [3.63, 3.8) is 0 Å². The van der Waals surface area contributed by atoms with Crippen molar-refractivity contribution < 1.29 is 9.90 Å². The van der Waals surface area contributed by atoms with Gasteiger partial charge in [-0.1, -0.05) is 24.3 Å². The van der Waals surface area contributed by atoms with Crippen LogP contribution in [0, 0.1) is 11.3 Å². The van der Waals surface area contributed by atoms with E-state index in [1.807, 2.05) is 42.5 Å². The summed E-state index contributed by atoms with van der Waals surface area (Å²) < 4.78 is 0. The number of nitrogens with zero attached hydrogens (tertiary/aromatic N) is 2. The van der Waals surface area contributed by atoms with Crippen molar-refractivity contribution >= 4 is 39.9 Å². The van der Waals surface area contributed by atoms with Crippen molar-refractivity contribution in [1.29, 1.82) is 5.26 Å². The summed E-state index contributed by atoms with van der Waals surface area (Å²) in [6.45, 7) is 0. The van der Waals surface area contributed by atoms with Crippen LogP contribution in [0.2, 0.25) is 0 Å². The monoisotopic (exact) mass is 377 g/mol. The molecule has 3 rings (SSSR count). The van der Waals surface area contributed by atoms with Gasteiger partial charge in [0, 0.05) is 34.0 Å². The molecular formula is C21H19N3O2S. The Morgan fingerprint density at radius 2 is 1.93 bits per heavy atom. The molecule has 0 aliphatic heterocycles. The average Bonchev–Trinajstić information content (AvgIpc) is 2.69. The number of hydrogen-bond acceptors (Lipinski definition) is 5. The highest BCUT2D eigenvalue weighted by Gasteiger charge is 2.09. The number of aliphatic carboxylic acids is 1. The number of rotatable bonds is 8. The van der Waals surface area contributed by atoms with Crippen molar-refractivity contribution in [2.75, 3.05) is 11.1 Å². The number of anilines is 2. The molecule has 0 radical (unpaired) electrons. The number of carboxylic acids is 1. The van der Waals surface area contributed by atoms with Gasteiger partial charge in [-0.25, -0.2) is 0 Å². The van der Waals surface area contributed by atoms with Crippen LogP contribution in [0.4, 0.5) is 11.4 Å². The Kier molecular flexibility index (Phi) is 6.29. The summed E-state index contributed by atoms with van der Waals surface area (Å²) in [6.07, 6.45) is 5.27. The van der Waals surface area contributed by atoms with Crippen LogP contribution in [0.5, 0.6) is 0 Å². The standard InChI is InChI=1S/C21H19N3O2S/c22-13-15-8-9-18(17-6-2-1-5-16(15)17)24-19-14-23-11-10-20(19)27-12-4-3-7-21(25)26/h1-2,5-6,8-11,14,24H,3-4,7,12H2,(H,25,26). The van der Waals surface area contributed by atoms with Crippen molar-refractivity contribution in [1.82, 2.24) is 4.98 Å². The fraction of sp³-hybridized carbons (Fsp3) is 0.190. The number of carbonyl (C=O) groups is 1. The van der Waals surface area contributed by atoms with E-state index in [1.54, 1.807) is 24.2 Å². The van der Waals surface area contributed by atoms with Crippen LogP contribution >= 0.6 is 11.8 Å². The summed E-state index contributed by atoms with van der Waals surface area (Å²) in [5, 5.41) is 23.4. The average molecular weight is 377 g/mol. The maximum atomic E-state index is 10.6. The van der Waals surface area contributed by atoms with E-state index >= 15 is 0 Å². The third-order valence-electron chi connectivity index (χ3n) is 4.14. The van der Waals surface area contributed by atoms with Gasteiger partial charge in [-0.05, 0) is 36.8 Å². The van der Waals surface area contributed by atoms with Crippen molar-refractivity contribution in [3.05, 3.63) is 60.4 Å². The van der Waals surface area contributed by atoms with E-state index in [2.05, 4.69) is 16.4 Å². The molecule has 3 aromatic rings. The van der Waals surface area contributed by atoms with Gasteiger partial charge in [0.05, 0.1) is 23.5 Å². The Morgan fingerprint density at radius 3 is 2.70 bits per heavy atom. The highest BCUT2D eigenvalue weighted by atomic mass is 32.2. The molecule has 2 aromatic carbocycles. The van der Waals surface area contributed by atoms with Gasteiger partial charge in [0.1, 0.15) is 0 Å². The normalized spacial score (nSPS) is 10.5. The van der Waals surface area contributed by atoms with E-state index in [4.69, 9.17) is 5.11 Å². The predicted molar refractivity (Wildman–Crippen MR) is 108 cm³/mol. The second-order valence-corrected chi connectivity index (χ2v) is 7.15. The zero-order valence-electron chi connectivity index (χ0n) is 14.7. The highest BCUT2D eigenvalue weighted by Crippen LogP contribution is 2.33. The number of unbranched alkanes of at least 4 members (excludes halogenated alkanes) is 1. The SMILES string of the molecule is N#Cc1ccc(Nc2cnccc2SCCCCC(=O)O)c2ccccc12. The first-order valence-corrected chi connectivity index (χ1v) is 9.65. The fourth-order valence-electron chi connectivity index (χ4n) is 2.81. The lowest BCUT2D eigenvalue weighted by molar-refractivity contribution is -0.137. The Labute approximate surface area is 162 Å². The minimum atomic E-state index is -0.751. The van der Waals surface area contributed by atoms with Gasteiger partial charge < -0.3 is 10.4 Å². The molecule has 0 saturated heterocycles. The smallest absolute Gasteiger partial charge is 0.303 e. The van der Waals surface area contributed by atoms with Crippen molar-refractivity contribution in [2.24, 2.45) is 0 Å². The first kappa shape index (κ1) is 18.7. The number of hydrogen-bond donors (Lipinski definition) is 2. The molecule has 0 spiro atoms. The van der Waals surface area contributed by atoms with Gasteiger partial charge in [-0.2, -0.15) is 5.26 Å². The molecule has 1 aromatic heterocycles. The van der Waals surface area contributed by atoms with E-state index in [-0.39, 0.29) is 6.42 Å². The van der Waals surface area contributed by atoms with Crippen molar-refractivity contribution in [2.45, 2.75) is 24.2 Å². The summed E-state index contributed by atoms with van der Waals surface area (Å²) in [7, 11) is 0. The molecule has 0 saturated carbocycles. The number of aromatic nitrogens is 1. The molecule has 0 atom stereocenters. The van der Waals surface area contributed by atoms with Gasteiger partial charge in [0.2, 0.25) is 0 Å². The van der Waals surface area contributed by atoms with Crippen LogP contribution in [0.1, 0.15) is 24.8 Å². The lowest BCUT2D eigenvalue weighted by Gasteiger charge is -2.14. The van der Waals surface area contributed by atoms with E-state index in [0.717, 1.165) is 39.2 Å². The molecule has 2 N–H and O–H groups in total. The number of thioether (sulfide) groups is 1. The minimum absolute atomic E-state index is 0.208. The van der Waals surface area contributed by atoms with Crippen LogP contribution < -0.4 is 5.32 Å². The molecule has 136 valence electrons. The number of carboxylic acid groups (broad SMARTS) is 1. The molecule has 1 heterocycles. The molecular weight excluding hydrogens is 358 g/mol. The minimum Gasteiger partial charge on any atom is -0.481 e. The van der Waals surface area contributed by atoms with Gasteiger partial charge in [-0.15, -0.1) is 11.8 Å². The van der Waals surface area contributed by atoms with Gasteiger partial charge >= 0.3 is 5.97 Å². The van der Waals surface area contributed by atoms with E-state index in [0.29, 0.717) is 12.0 Å². The second kappa shape index (κ2) is 9.06. The Hall–Kier alpha value is -3.04. The summed E-state index contributed by atoms with van der Waals surface area (Å²) in [5.74, 6) is 0.0964.